The number of likely N-dealkylation sites (N-methyl/N-ethyl adjacent to an activating group) is 6. The molecule has 8 rings (SSSR count). The minimum absolute atomic E-state index is 0.0281. The average molecular weight is 1560 g/mol. The average Bonchev–Trinajstić information content (AvgIpc) is 1.16. The Labute approximate surface area is 638 Å². The summed E-state index contributed by atoms with van der Waals surface area (Å²) in [6.45, 7) is 5.44. The van der Waals surface area contributed by atoms with Crippen LogP contribution in [0, 0.1) is 11.8 Å². The number of ether oxygens (including phenoxy) is 4. The second-order valence-corrected chi connectivity index (χ2v) is 30.1. The van der Waals surface area contributed by atoms with Gasteiger partial charge in [-0.25, -0.2) is 4.79 Å². The highest BCUT2D eigenvalue weighted by molar-refractivity contribution is 6.00. The van der Waals surface area contributed by atoms with Gasteiger partial charge in [0.25, 0.3) is 5.91 Å². The predicted octanol–water partition coefficient (Wildman–Crippen LogP) is 5.42. The van der Waals surface area contributed by atoms with Crippen molar-refractivity contribution in [2.75, 3.05) is 96.3 Å². The number of rotatable bonds is 14. The molecule has 1 spiro atoms. The molecule has 12 atom stereocenters. The van der Waals surface area contributed by atoms with Gasteiger partial charge in [-0.15, -0.1) is 0 Å². The molecule has 2 bridgehead atoms. The number of hydrogen-bond acceptors (Lipinski definition) is 16. The maximum Gasteiger partial charge on any atom is 0.419 e. The molecule has 2 aliphatic carbocycles. The van der Waals surface area contributed by atoms with E-state index in [0.717, 1.165) is 74.1 Å². The molecule has 2 saturated carbocycles. The number of methoxy groups -OCH3 is 2. The van der Waals surface area contributed by atoms with E-state index in [1.165, 1.54) is 83.0 Å². The van der Waals surface area contributed by atoms with Gasteiger partial charge in [-0.3, -0.25) is 52.7 Å². The van der Waals surface area contributed by atoms with Crippen LogP contribution in [0.2, 0.25) is 0 Å². The summed E-state index contributed by atoms with van der Waals surface area (Å²) in [5.74, 6) is -11.6. The van der Waals surface area contributed by atoms with Gasteiger partial charge in [0, 0.05) is 95.5 Å². The highest BCUT2D eigenvalue weighted by atomic mass is 19.4. The predicted molar refractivity (Wildman–Crippen MR) is 387 cm³/mol. The molecule has 2 aromatic rings. The van der Waals surface area contributed by atoms with Crippen molar-refractivity contribution in [2.45, 2.75) is 221 Å². The minimum atomic E-state index is -4.83. The van der Waals surface area contributed by atoms with Crippen LogP contribution >= 0.6 is 0 Å². The van der Waals surface area contributed by atoms with E-state index in [1.54, 1.807) is 32.9 Å². The molecule has 11 amide bonds. The van der Waals surface area contributed by atoms with Crippen molar-refractivity contribution in [2.24, 2.45) is 11.8 Å². The first-order valence-electron chi connectivity index (χ1n) is 37.8. The molecule has 3 saturated heterocycles. The number of hydrogen-bond donors (Lipinski definition) is 2. The SMILES string of the molecule is CCO[C@@H]1C[C@H]2C(=O)OC3(CCC3)C(=O)N(C)[C@@H](C3CCCC3)C(=O)N(C)[C@H](C(=O)N(C)C)CC(=O)N(C)[C@@H]([C@@H](C)OC)C(=O)N[C@@H]([C@@H](C)CC)C(=O)N3CCC[C@H]3C(=O)N(C)[C@H]3C/C=C\CCN(C3=O)[C@@H](Cc3ccc(C(F)(F)F)cc3)C(=O)N(C)CC(=O)N[C@@H](CCc3ccc(C(F)(F)F)c(OC)c3)C(=O)N2C1. The Morgan fingerprint density at radius 1 is 0.691 bits per heavy atom. The monoisotopic (exact) mass is 1560 g/mol. The van der Waals surface area contributed by atoms with Gasteiger partial charge in [0.05, 0.1) is 43.4 Å². The van der Waals surface area contributed by atoms with E-state index in [1.807, 2.05) is 0 Å². The van der Waals surface area contributed by atoms with Crippen molar-refractivity contribution in [3.8, 4) is 5.75 Å². The molecule has 4 aliphatic heterocycles. The first-order chi connectivity index (χ1) is 51.8. The van der Waals surface area contributed by atoms with E-state index in [4.69, 9.17) is 18.9 Å². The molecule has 608 valence electrons. The summed E-state index contributed by atoms with van der Waals surface area (Å²) in [6.07, 6.45) is -6.80. The van der Waals surface area contributed by atoms with Crippen LogP contribution < -0.4 is 15.4 Å². The Morgan fingerprint density at radius 2 is 1.35 bits per heavy atom. The molecule has 27 nitrogen and oxygen atoms in total. The fourth-order valence-electron chi connectivity index (χ4n) is 15.9. The van der Waals surface area contributed by atoms with Gasteiger partial charge in [0.15, 0.2) is 5.60 Å². The standard InChI is InChI=1S/C77H107F6N11O16/c1-14-45(3)62-71(103)92-38-21-26-55(92)69(101)88(8)54-25-17-16-20-37-93(70(54)102)57(39-47-27-31-50(32-28-47)76(78,79)80)68(100)87(7)44-60(95)84-53(34-30-48-29-33-52(77(81,82)83)59(40-48)108-13)66(98)94-43-51(109-15-2)41-58(94)73(105)110-75(35-22-36-75)74(106)91(11)64(49-23-18-19-24-49)72(104)89(9)56(67(99)86(5)6)42-61(96)90(10)63(46(4)107-12)65(97)85-62/h16-17,27-29,31-33,40,45-46,49,51,53-58,62-64H,14-15,18-26,30,34-39,41-44H2,1-13H3,(H,84,95)(H,85,97)/b17-16-/t45-,46+,51+,53-,54-,55-,56-,57-,58-,62-,63-,64-/m0/s1. The van der Waals surface area contributed by atoms with Crippen LogP contribution in [-0.2, 0) is 96.9 Å². The molecule has 2 aromatic carbocycles. The summed E-state index contributed by atoms with van der Waals surface area (Å²) in [6, 6.07) is -6.16. The van der Waals surface area contributed by atoms with Crippen molar-refractivity contribution in [1.82, 2.24) is 54.7 Å². The number of aryl methyl sites for hydroxylation is 1. The fourth-order valence-corrected chi connectivity index (χ4v) is 15.9. The highest BCUT2D eigenvalue weighted by Gasteiger charge is 2.56. The number of benzene rings is 2. The number of alkyl halides is 6. The number of amides is 11. The van der Waals surface area contributed by atoms with Gasteiger partial charge in [-0.05, 0) is 132 Å². The van der Waals surface area contributed by atoms with E-state index in [2.05, 4.69) is 10.6 Å². The normalized spacial score (nSPS) is 27.2. The summed E-state index contributed by atoms with van der Waals surface area (Å²) >= 11 is 0. The van der Waals surface area contributed by atoms with Gasteiger partial charge in [0.2, 0.25) is 59.1 Å². The zero-order chi connectivity index (χ0) is 81.2. The van der Waals surface area contributed by atoms with Crippen LogP contribution in [0.4, 0.5) is 26.3 Å². The van der Waals surface area contributed by atoms with Crippen LogP contribution in [0.5, 0.6) is 5.75 Å². The molecule has 0 radical (unpaired) electrons. The Morgan fingerprint density at radius 3 is 1.95 bits per heavy atom. The largest absolute Gasteiger partial charge is 0.496 e. The lowest BCUT2D eigenvalue weighted by Gasteiger charge is -2.45. The van der Waals surface area contributed by atoms with E-state index in [9.17, 15) is 40.7 Å². The van der Waals surface area contributed by atoms with Crippen LogP contribution in [0.25, 0.3) is 0 Å². The van der Waals surface area contributed by atoms with Crippen LogP contribution in [-0.4, -0.2) is 284 Å². The molecule has 5 fully saturated rings. The lowest BCUT2D eigenvalue weighted by atomic mass is 9.78. The van der Waals surface area contributed by atoms with E-state index >= 15 is 43.2 Å². The Balaban J connectivity index is 1.24. The second kappa shape index (κ2) is 37.0. The minimum Gasteiger partial charge on any atom is -0.496 e. The summed E-state index contributed by atoms with van der Waals surface area (Å²) in [5.41, 5.74) is -3.67. The first kappa shape index (κ1) is 86.7. The van der Waals surface area contributed by atoms with E-state index < -0.39 is 204 Å². The third-order valence-electron chi connectivity index (χ3n) is 22.8. The first-order valence-corrected chi connectivity index (χ1v) is 37.8. The summed E-state index contributed by atoms with van der Waals surface area (Å²) in [4.78, 5) is 193. The quantitative estimate of drug-likeness (QED) is 0.136. The molecule has 0 unspecified atom stereocenters. The maximum atomic E-state index is 15.6. The van der Waals surface area contributed by atoms with E-state index in [-0.39, 0.29) is 88.7 Å². The van der Waals surface area contributed by atoms with Crippen LogP contribution in [0.3, 0.4) is 0 Å². The number of carbonyl (C=O) groups excluding carboxylic acids is 12. The second-order valence-electron chi connectivity index (χ2n) is 30.1. The summed E-state index contributed by atoms with van der Waals surface area (Å²) < 4.78 is 108. The third kappa shape index (κ3) is 19.7. The Bertz CT molecular complexity index is 3720. The summed E-state index contributed by atoms with van der Waals surface area (Å²) in [5, 5.41) is 5.54. The van der Waals surface area contributed by atoms with Crippen molar-refractivity contribution < 1.29 is 103 Å². The molecule has 0 aromatic heterocycles. The van der Waals surface area contributed by atoms with Crippen molar-refractivity contribution >= 4 is 70.9 Å². The Kier molecular flexibility index (Phi) is 29.1. The summed E-state index contributed by atoms with van der Waals surface area (Å²) in [7, 11) is 11.8. The lowest BCUT2D eigenvalue weighted by molar-refractivity contribution is -0.190. The topological polar surface area (TPSA) is 295 Å². The molecule has 110 heavy (non-hydrogen) atoms. The van der Waals surface area contributed by atoms with Gasteiger partial charge in [0.1, 0.15) is 60.1 Å². The van der Waals surface area contributed by atoms with Crippen molar-refractivity contribution in [1.29, 1.82) is 0 Å². The number of carbonyl (C=O) groups is 12. The third-order valence-corrected chi connectivity index (χ3v) is 22.8. The van der Waals surface area contributed by atoms with Gasteiger partial charge >= 0.3 is 18.3 Å². The van der Waals surface area contributed by atoms with Gasteiger partial charge < -0.3 is 73.7 Å². The zero-order valence-corrected chi connectivity index (χ0v) is 65.1. The number of nitrogens with one attached hydrogen (secondary N) is 2. The molecular weight excluding hydrogens is 1450 g/mol. The number of esters is 1. The van der Waals surface area contributed by atoms with Gasteiger partial charge in [-0.1, -0.05) is 63.5 Å². The van der Waals surface area contributed by atoms with Crippen molar-refractivity contribution in [3.05, 3.63) is 76.9 Å². The number of halogens is 6. The maximum absolute atomic E-state index is 15.6. The van der Waals surface area contributed by atoms with Crippen LogP contribution in [0.1, 0.15) is 146 Å². The van der Waals surface area contributed by atoms with Crippen molar-refractivity contribution in [3.63, 3.8) is 0 Å². The molecule has 6 aliphatic rings. The highest BCUT2D eigenvalue weighted by Crippen LogP contribution is 2.42. The lowest BCUT2D eigenvalue weighted by Crippen LogP contribution is -2.63. The fraction of sp³-hybridized carbons (Fsp3) is 0.662. The molecular formula is C77H107F6N11O16. The molecule has 33 heteroatoms. The smallest absolute Gasteiger partial charge is 0.419 e. The van der Waals surface area contributed by atoms with Crippen LogP contribution in [0.15, 0.2) is 54.6 Å². The zero-order valence-electron chi connectivity index (χ0n) is 65.1. The number of nitrogens with zero attached hydrogens (tertiary/aromatic N) is 9. The Hall–Kier alpha value is -8.88. The van der Waals surface area contributed by atoms with Gasteiger partial charge in [-0.2, -0.15) is 26.3 Å². The van der Waals surface area contributed by atoms with E-state index in [0.29, 0.717) is 44.9 Å². The molecule has 2 N–H and O–H groups in total. The molecule has 4 heterocycles. The number of fused-ring (bicyclic) bond motifs is 4.